The zero-order valence-electron chi connectivity index (χ0n) is 8.41. The van der Waals surface area contributed by atoms with Crippen LogP contribution in [0.25, 0.3) is 0 Å². The summed E-state index contributed by atoms with van der Waals surface area (Å²) in [5, 5.41) is 0. The molecule has 0 spiro atoms. The zero-order chi connectivity index (χ0) is 8.41. The highest BCUT2D eigenvalue weighted by molar-refractivity contribution is 4.58. The molecule has 0 nitrogen and oxygen atoms in total. The van der Waals surface area contributed by atoms with E-state index in [1.807, 2.05) is 6.92 Å². The molecule has 0 atom stereocenters. The van der Waals surface area contributed by atoms with E-state index < -0.39 is 12.3 Å². The molecular formula is C7H16. The van der Waals surface area contributed by atoms with Gasteiger partial charge >= 0.3 is 0 Å². The second-order valence-corrected chi connectivity index (χ2v) is 2.63. The molecule has 0 aliphatic carbocycles. The molecule has 0 saturated heterocycles. The van der Waals surface area contributed by atoms with Crippen LogP contribution in [0.1, 0.15) is 44.6 Å². The van der Waals surface area contributed by atoms with Crippen molar-refractivity contribution >= 4 is 0 Å². The molecule has 0 amide bonds. The van der Waals surface area contributed by atoms with Gasteiger partial charge in [-0.2, -0.15) is 0 Å². The van der Waals surface area contributed by atoms with Crippen molar-refractivity contribution in [2.24, 2.45) is 5.41 Å². The third-order valence-electron chi connectivity index (χ3n) is 0.875. The van der Waals surface area contributed by atoms with Gasteiger partial charge in [-0.25, -0.2) is 0 Å². The summed E-state index contributed by atoms with van der Waals surface area (Å²) in [6, 6.07) is 0. The normalized spacial score (nSPS) is 20.1. The van der Waals surface area contributed by atoms with Crippen molar-refractivity contribution in [2.45, 2.75) is 40.5 Å². The van der Waals surface area contributed by atoms with Crippen LogP contribution in [-0.4, -0.2) is 0 Å². The highest BCUT2D eigenvalue weighted by Crippen LogP contribution is 2.19. The maximum absolute atomic E-state index is 7.17. The Morgan fingerprint density at radius 3 is 2.29 bits per heavy atom. The Hall–Kier alpha value is 0. The average molecular weight is 103 g/mol. The summed E-state index contributed by atoms with van der Waals surface area (Å²) in [5.74, 6) is 0. The van der Waals surface area contributed by atoms with Gasteiger partial charge in [-0.15, -0.1) is 0 Å². The molecule has 0 rings (SSSR count). The molecule has 0 bridgehead atoms. The van der Waals surface area contributed by atoms with E-state index in [4.69, 9.17) is 4.11 Å². The third kappa shape index (κ3) is 6.00. The van der Waals surface area contributed by atoms with Crippen molar-refractivity contribution in [2.75, 3.05) is 0 Å². The summed E-state index contributed by atoms with van der Waals surface area (Å²) < 4.78 is 21.5. The minimum Gasteiger partial charge on any atom is -0.0654 e. The Kier molecular flexibility index (Phi) is 1.04. The van der Waals surface area contributed by atoms with Crippen molar-refractivity contribution in [3.05, 3.63) is 0 Å². The Labute approximate surface area is 51.1 Å². The van der Waals surface area contributed by atoms with E-state index in [0.29, 0.717) is 0 Å². The Morgan fingerprint density at radius 1 is 1.57 bits per heavy atom. The summed E-state index contributed by atoms with van der Waals surface area (Å²) in [4.78, 5) is 0. The second-order valence-electron chi connectivity index (χ2n) is 2.63. The van der Waals surface area contributed by atoms with Crippen LogP contribution < -0.4 is 0 Å². The minimum absolute atomic E-state index is 0.512. The molecule has 0 aromatic rings. The van der Waals surface area contributed by atoms with Gasteiger partial charge in [0.05, 0.1) is 0 Å². The number of hydrogen-bond donors (Lipinski definition) is 0. The van der Waals surface area contributed by atoms with Crippen molar-refractivity contribution in [3.8, 4) is 0 Å². The quantitative estimate of drug-likeness (QED) is 0.478. The van der Waals surface area contributed by atoms with E-state index in [1.54, 1.807) is 13.8 Å². The Bertz CT molecular complexity index is 102. The summed E-state index contributed by atoms with van der Waals surface area (Å²) in [6.45, 7) is 3.80. The van der Waals surface area contributed by atoms with Gasteiger partial charge in [0.15, 0.2) is 0 Å². The van der Waals surface area contributed by atoms with Crippen molar-refractivity contribution in [3.63, 3.8) is 0 Å². The smallest absolute Gasteiger partial charge is 0.0236 e. The topological polar surface area (TPSA) is 0 Å². The van der Waals surface area contributed by atoms with Crippen LogP contribution in [0.2, 0.25) is 0 Å². The first kappa shape index (κ1) is 3.11. The van der Waals surface area contributed by atoms with E-state index in [-0.39, 0.29) is 0 Å². The van der Waals surface area contributed by atoms with E-state index in [2.05, 4.69) is 0 Å². The van der Waals surface area contributed by atoms with Crippen LogP contribution in [0.3, 0.4) is 0 Å². The molecule has 0 aromatic carbocycles. The Balaban J connectivity index is 4.10. The lowest BCUT2D eigenvalue weighted by atomic mass is 9.91. The predicted molar refractivity (Wildman–Crippen MR) is 34.4 cm³/mol. The first-order chi connectivity index (χ1) is 4.31. The molecule has 44 valence electrons. The molecule has 0 N–H and O–H groups in total. The Morgan fingerprint density at radius 2 is 2.14 bits per heavy atom. The highest BCUT2D eigenvalue weighted by atomic mass is 14.1. The third-order valence-corrected chi connectivity index (χ3v) is 0.875. The van der Waals surface area contributed by atoms with Crippen molar-refractivity contribution in [1.29, 1.82) is 0 Å². The average Bonchev–Trinajstić information content (AvgIpc) is 1.61. The summed E-state index contributed by atoms with van der Waals surface area (Å²) in [5.41, 5.74) is -0.512. The maximum Gasteiger partial charge on any atom is 0.0236 e. The van der Waals surface area contributed by atoms with Crippen LogP contribution >= 0.6 is 0 Å². The molecule has 0 saturated carbocycles. The molecule has 7 heavy (non-hydrogen) atoms. The molecule has 0 unspecified atom stereocenters. The van der Waals surface area contributed by atoms with Crippen molar-refractivity contribution < 1.29 is 4.11 Å². The van der Waals surface area contributed by atoms with Crippen LogP contribution in [-0.2, 0) is 0 Å². The van der Waals surface area contributed by atoms with Crippen molar-refractivity contribution in [1.82, 2.24) is 0 Å². The van der Waals surface area contributed by atoms with Gasteiger partial charge in [-0.1, -0.05) is 34.0 Å². The first-order valence-electron chi connectivity index (χ1n) is 4.31. The summed E-state index contributed by atoms with van der Waals surface area (Å²) >= 11 is 0. The fraction of sp³-hybridized carbons (Fsp3) is 1.00. The van der Waals surface area contributed by atoms with Gasteiger partial charge in [0.25, 0.3) is 0 Å². The maximum atomic E-state index is 7.17. The molecule has 0 fully saturated rings. The van der Waals surface area contributed by atoms with Crippen LogP contribution in [0.5, 0.6) is 0 Å². The lowest BCUT2D eigenvalue weighted by Gasteiger charge is -2.15. The van der Waals surface area contributed by atoms with Crippen LogP contribution in [0.4, 0.5) is 0 Å². The lowest BCUT2D eigenvalue weighted by molar-refractivity contribution is 0.373. The zero-order valence-corrected chi connectivity index (χ0v) is 5.41. The summed E-state index contributed by atoms with van der Waals surface area (Å²) in [6.07, 6.45) is 1.70. The van der Waals surface area contributed by atoms with E-state index in [0.717, 1.165) is 12.8 Å². The highest BCUT2D eigenvalue weighted by Gasteiger charge is 2.06. The van der Waals surface area contributed by atoms with Gasteiger partial charge in [0.2, 0.25) is 0 Å². The number of hydrogen-bond acceptors (Lipinski definition) is 0. The fourth-order valence-corrected chi connectivity index (χ4v) is 0.625. The van der Waals surface area contributed by atoms with E-state index >= 15 is 0 Å². The monoisotopic (exact) mass is 103 g/mol. The van der Waals surface area contributed by atoms with Gasteiger partial charge in [-0.3, -0.25) is 0 Å². The lowest BCUT2D eigenvalue weighted by Crippen LogP contribution is -2.02. The van der Waals surface area contributed by atoms with E-state index in [1.165, 1.54) is 0 Å². The molecule has 0 aromatic heterocycles. The first-order valence-corrected chi connectivity index (χ1v) is 2.81. The van der Waals surface area contributed by atoms with Gasteiger partial charge < -0.3 is 0 Å². The van der Waals surface area contributed by atoms with E-state index in [9.17, 15) is 0 Å². The molecule has 0 radical (unpaired) electrons. The predicted octanol–water partition coefficient (Wildman–Crippen LogP) is 2.83. The molecule has 0 heteroatoms. The SMILES string of the molecule is [2H]C([2H])([2H])C(C)(C)CCC. The van der Waals surface area contributed by atoms with Gasteiger partial charge in [0.1, 0.15) is 0 Å². The molecular weight excluding hydrogens is 84.1 g/mol. The summed E-state index contributed by atoms with van der Waals surface area (Å²) in [7, 11) is 0. The van der Waals surface area contributed by atoms with Crippen LogP contribution in [0, 0.1) is 5.41 Å². The minimum atomic E-state index is -1.80. The number of rotatable bonds is 1. The largest absolute Gasteiger partial charge is 0.0654 e. The molecule has 0 heterocycles. The second kappa shape index (κ2) is 2.34. The van der Waals surface area contributed by atoms with Gasteiger partial charge in [-0.05, 0) is 11.8 Å². The van der Waals surface area contributed by atoms with Crippen LogP contribution in [0.15, 0.2) is 0 Å². The fourth-order valence-electron chi connectivity index (χ4n) is 0.625. The molecule has 0 aliphatic rings. The van der Waals surface area contributed by atoms with Gasteiger partial charge in [0, 0.05) is 4.11 Å². The molecule has 0 aliphatic heterocycles. The standard InChI is InChI=1S/C7H16/c1-5-6-7(2,3)4/h5-6H2,1-4H3/i2D3.